The number of fused-ring (bicyclic) bond motifs is 1. The highest BCUT2D eigenvalue weighted by atomic mass is 79.9. The smallest absolute Gasteiger partial charge is 0.259 e. The van der Waals surface area contributed by atoms with E-state index in [1.165, 1.54) is 0 Å². The van der Waals surface area contributed by atoms with Crippen LogP contribution in [-0.2, 0) is 0 Å². The highest BCUT2D eigenvalue weighted by molar-refractivity contribution is 9.10. The summed E-state index contributed by atoms with van der Waals surface area (Å²) in [5.41, 5.74) is 5.10. The molecule has 0 aliphatic rings. The van der Waals surface area contributed by atoms with Gasteiger partial charge in [-0.05, 0) is 37.3 Å². The molecule has 0 fully saturated rings. The number of halogens is 1. The van der Waals surface area contributed by atoms with E-state index in [1.54, 1.807) is 6.20 Å². The van der Waals surface area contributed by atoms with Crippen LogP contribution in [0.1, 0.15) is 16.1 Å². The fourth-order valence-electron chi connectivity index (χ4n) is 3.82. The zero-order chi connectivity index (χ0) is 22.1. The number of hydrogen-bond donors (Lipinski definition) is 1. The molecule has 156 valence electrons. The summed E-state index contributed by atoms with van der Waals surface area (Å²) in [7, 11) is 0. The lowest BCUT2D eigenvalue weighted by Crippen LogP contribution is -2.14. The van der Waals surface area contributed by atoms with Gasteiger partial charge in [-0.25, -0.2) is 4.68 Å². The van der Waals surface area contributed by atoms with E-state index < -0.39 is 0 Å². The minimum Gasteiger partial charge on any atom is -0.320 e. The van der Waals surface area contributed by atoms with Gasteiger partial charge in [0.05, 0.1) is 28.1 Å². The number of carbonyl (C=O) groups excluding carboxylic acids is 1. The first-order valence-corrected chi connectivity index (χ1v) is 11.0. The van der Waals surface area contributed by atoms with Crippen LogP contribution in [0, 0.1) is 6.92 Å². The summed E-state index contributed by atoms with van der Waals surface area (Å²) in [6, 6.07) is 27.2. The molecule has 0 spiro atoms. The van der Waals surface area contributed by atoms with E-state index in [9.17, 15) is 4.79 Å². The van der Waals surface area contributed by atoms with E-state index in [2.05, 4.69) is 26.2 Å². The third-order valence-electron chi connectivity index (χ3n) is 5.36. The number of para-hydroxylation sites is 1. The van der Waals surface area contributed by atoms with Gasteiger partial charge < -0.3 is 5.32 Å². The molecule has 5 rings (SSSR count). The van der Waals surface area contributed by atoms with Gasteiger partial charge in [-0.1, -0.05) is 70.5 Å². The molecule has 1 N–H and O–H groups in total. The van der Waals surface area contributed by atoms with Crippen LogP contribution >= 0.6 is 15.9 Å². The van der Waals surface area contributed by atoms with Crippen LogP contribution in [0.4, 0.5) is 5.69 Å². The number of rotatable bonds is 4. The molecule has 5 aromatic rings. The van der Waals surface area contributed by atoms with Crippen LogP contribution < -0.4 is 5.32 Å². The molecular formula is C26H19BrN4O. The van der Waals surface area contributed by atoms with Crippen LogP contribution in [0.3, 0.4) is 0 Å². The highest BCUT2D eigenvalue weighted by Crippen LogP contribution is 2.31. The third kappa shape index (κ3) is 3.59. The largest absolute Gasteiger partial charge is 0.320 e. The van der Waals surface area contributed by atoms with E-state index in [4.69, 9.17) is 5.10 Å². The Hall–Kier alpha value is -3.77. The molecule has 0 saturated heterocycles. The van der Waals surface area contributed by atoms with E-state index in [0.29, 0.717) is 16.9 Å². The van der Waals surface area contributed by atoms with E-state index in [0.717, 1.165) is 32.3 Å². The van der Waals surface area contributed by atoms with E-state index >= 15 is 0 Å². The number of aromatic nitrogens is 3. The second-order valence-corrected chi connectivity index (χ2v) is 8.23. The summed E-state index contributed by atoms with van der Waals surface area (Å²) in [6.07, 6.45) is 1.72. The lowest BCUT2D eigenvalue weighted by molar-refractivity contribution is 0.102. The van der Waals surface area contributed by atoms with Gasteiger partial charge in [0.1, 0.15) is 5.69 Å². The molecule has 6 heteroatoms. The molecule has 0 aliphatic carbocycles. The molecule has 0 unspecified atom stereocenters. The maximum atomic E-state index is 13.6. The monoisotopic (exact) mass is 482 g/mol. The minimum atomic E-state index is -0.224. The molecule has 2 aromatic heterocycles. The Morgan fingerprint density at radius 1 is 0.906 bits per heavy atom. The third-order valence-corrected chi connectivity index (χ3v) is 6.05. The zero-order valence-electron chi connectivity index (χ0n) is 17.3. The standard InChI is InChI=1S/C26H19BrN4O/c1-17-23(26(32)29-22-15-14-21(27)20-13-8-16-28-25(20)22)24(18-9-4-2-5-10-18)30-31(17)19-11-6-3-7-12-19/h2-16H,1H3,(H,29,32). The Kier molecular flexibility index (Phi) is 5.29. The Balaban J connectivity index is 1.64. The van der Waals surface area contributed by atoms with Crippen molar-refractivity contribution in [2.75, 3.05) is 5.32 Å². The van der Waals surface area contributed by atoms with Crippen molar-refractivity contribution in [1.29, 1.82) is 0 Å². The summed E-state index contributed by atoms with van der Waals surface area (Å²) in [5.74, 6) is -0.224. The molecule has 0 atom stereocenters. The molecule has 1 amide bonds. The number of nitrogens with one attached hydrogen (secondary N) is 1. The Labute approximate surface area is 193 Å². The Morgan fingerprint density at radius 2 is 1.62 bits per heavy atom. The number of amides is 1. The fourth-order valence-corrected chi connectivity index (χ4v) is 4.27. The van der Waals surface area contributed by atoms with Crippen LogP contribution in [0.2, 0.25) is 0 Å². The van der Waals surface area contributed by atoms with Crippen LogP contribution in [0.25, 0.3) is 27.8 Å². The van der Waals surface area contributed by atoms with Gasteiger partial charge in [0.15, 0.2) is 0 Å². The summed E-state index contributed by atoms with van der Waals surface area (Å²) >= 11 is 3.56. The molecule has 32 heavy (non-hydrogen) atoms. The van der Waals surface area contributed by atoms with Crippen molar-refractivity contribution in [2.24, 2.45) is 0 Å². The zero-order valence-corrected chi connectivity index (χ0v) is 18.9. The first-order valence-electron chi connectivity index (χ1n) is 10.2. The van der Waals surface area contributed by atoms with Crippen molar-refractivity contribution < 1.29 is 4.79 Å². The number of nitrogens with zero attached hydrogens (tertiary/aromatic N) is 3. The number of hydrogen-bond acceptors (Lipinski definition) is 3. The van der Waals surface area contributed by atoms with Crippen molar-refractivity contribution in [3.05, 3.63) is 107 Å². The molecular weight excluding hydrogens is 464 g/mol. The molecule has 0 radical (unpaired) electrons. The average molecular weight is 483 g/mol. The predicted octanol–water partition coefficient (Wildman–Crippen LogP) is 6.41. The topological polar surface area (TPSA) is 59.8 Å². The van der Waals surface area contributed by atoms with Crippen molar-refractivity contribution in [1.82, 2.24) is 14.8 Å². The SMILES string of the molecule is Cc1c(C(=O)Nc2ccc(Br)c3cccnc23)c(-c2ccccc2)nn1-c1ccccc1. The van der Waals surface area contributed by atoms with Gasteiger partial charge in [0.25, 0.3) is 5.91 Å². The molecule has 0 saturated carbocycles. The summed E-state index contributed by atoms with van der Waals surface area (Å²) in [6.45, 7) is 1.92. The lowest BCUT2D eigenvalue weighted by Gasteiger charge is -2.10. The van der Waals surface area contributed by atoms with E-state index in [1.807, 2.05) is 96.5 Å². The average Bonchev–Trinajstić information content (AvgIpc) is 3.19. The van der Waals surface area contributed by atoms with Gasteiger partial charge in [-0.3, -0.25) is 9.78 Å². The molecule has 0 aliphatic heterocycles. The van der Waals surface area contributed by atoms with Gasteiger partial charge >= 0.3 is 0 Å². The minimum absolute atomic E-state index is 0.224. The number of pyridine rings is 1. The second-order valence-electron chi connectivity index (χ2n) is 7.37. The van der Waals surface area contributed by atoms with Gasteiger partial charge in [0.2, 0.25) is 0 Å². The van der Waals surface area contributed by atoms with Gasteiger partial charge in [0, 0.05) is 21.6 Å². The van der Waals surface area contributed by atoms with Crippen LogP contribution in [0.5, 0.6) is 0 Å². The number of benzene rings is 3. The highest BCUT2D eigenvalue weighted by Gasteiger charge is 2.24. The van der Waals surface area contributed by atoms with Crippen molar-refractivity contribution >= 4 is 38.4 Å². The summed E-state index contributed by atoms with van der Waals surface area (Å²) in [5, 5.41) is 8.83. The van der Waals surface area contributed by atoms with Crippen molar-refractivity contribution in [3.63, 3.8) is 0 Å². The predicted molar refractivity (Wildman–Crippen MR) is 131 cm³/mol. The lowest BCUT2D eigenvalue weighted by atomic mass is 10.1. The summed E-state index contributed by atoms with van der Waals surface area (Å²) in [4.78, 5) is 18.1. The molecule has 3 aromatic carbocycles. The first kappa shape index (κ1) is 20.2. The van der Waals surface area contributed by atoms with Crippen molar-refractivity contribution in [2.45, 2.75) is 6.92 Å². The first-order chi connectivity index (χ1) is 15.6. The Bertz CT molecular complexity index is 1430. The van der Waals surface area contributed by atoms with Gasteiger partial charge in [-0.15, -0.1) is 0 Å². The summed E-state index contributed by atoms with van der Waals surface area (Å²) < 4.78 is 2.74. The molecule has 2 heterocycles. The molecule has 0 bridgehead atoms. The quantitative estimate of drug-likeness (QED) is 0.321. The van der Waals surface area contributed by atoms with Crippen LogP contribution in [-0.4, -0.2) is 20.7 Å². The second kappa shape index (κ2) is 8.40. The maximum absolute atomic E-state index is 13.6. The fraction of sp³-hybridized carbons (Fsp3) is 0.0385. The molecule has 5 nitrogen and oxygen atoms in total. The van der Waals surface area contributed by atoms with E-state index in [-0.39, 0.29) is 5.91 Å². The van der Waals surface area contributed by atoms with Crippen LogP contribution in [0.15, 0.2) is 95.6 Å². The van der Waals surface area contributed by atoms with Gasteiger partial charge in [-0.2, -0.15) is 5.10 Å². The maximum Gasteiger partial charge on any atom is 0.259 e. The normalized spacial score (nSPS) is 10.9. The van der Waals surface area contributed by atoms with Crippen molar-refractivity contribution in [3.8, 4) is 16.9 Å². The number of anilines is 1. The number of carbonyl (C=O) groups is 1. The Morgan fingerprint density at radius 3 is 2.38 bits per heavy atom.